The number of amides is 3. The molecule has 0 unspecified atom stereocenters. The Morgan fingerprint density at radius 2 is 1.97 bits per heavy atom. The van der Waals surface area contributed by atoms with Gasteiger partial charge in [-0.15, -0.1) is 0 Å². The molecule has 0 radical (unpaired) electrons. The van der Waals surface area contributed by atoms with Crippen LogP contribution in [-0.4, -0.2) is 76.9 Å². The van der Waals surface area contributed by atoms with Crippen LogP contribution in [0, 0.1) is 11.8 Å². The number of nitrogens with one attached hydrogen (secondary N) is 3. The third kappa shape index (κ3) is 4.34. The van der Waals surface area contributed by atoms with Crippen LogP contribution in [0.2, 0.25) is 0 Å². The highest BCUT2D eigenvalue weighted by Gasteiger charge is 2.48. The molecule has 1 aliphatic carbocycles. The summed E-state index contributed by atoms with van der Waals surface area (Å²) in [5.41, 5.74) is 1.15. The van der Waals surface area contributed by atoms with E-state index in [2.05, 4.69) is 15.6 Å². The SMILES string of the molecule is COc1cccc2[nH]c(C(=O)N3C4CCC(CC4)[C@H]3C(=O)N[C@H](C[C@H]3CCNC3=O)C(=O)CO)cc12. The molecule has 10 nitrogen and oxygen atoms in total. The molecule has 1 aromatic heterocycles. The number of nitrogens with zero attached hydrogens (tertiary/aromatic N) is 1. The van der Waals surface area contributed by atoms with Crippen LogP contribution in [0.5, 0.6) is 5.75 Å². The van der Waals surface area contributed by atoms with Crippen molar-refractivity contribution >= 4 is 34.4 Å². The van der Waals surface area contributed by atoms with Crippen molar-refractivity contribution in [1.29, 1.82) is 0 Å². The minimum absolute atomic E-state index is 0.0162. The molecule has 3 atom stereocenters. The van der Waals surface area contributed by atoms with Crippen molar-refractivity contribution in [2.45, 2.75) is 56.7 Å². The van der Waals surface area contributed by atoms with E-state index in [9.17, 15) is 24.3 Å². The normalized spacial score (nSPS) is 26.1. The number of H-pyrrole nitrogens is 1. The van der Waals surface area contributed by atoms with Crippen molar-refractivity contribution in [3.05, 3.63) is 30.0 Å². The molecule has 4 fully saturated rings. The second kappa shape index (κ2) is 9.93. The number of benzene rings is 1. The van der Waals surface area contributed by atoms with Gasteiger partial charge in [0.05, 0.1) is 13.2 Å². The Morgan fingerprint density at radius 3 is 2.64 bits per heavy atom. The average molecular weight is 497 g/mol. The van der Waals surface area contributed by atoms with Gasteiger partial charge in [-0.1, -0.05) is 6.07 Å². The van der Waals surface area contributed by atoms with Gasteiger partial charge < -0.3 is 30.4 Å². The fourth-order valence-electron chi connectivity index (χ4n) is 6.13. The van der Waals surface area contributed by atoms with E-state index >= 15 is 0 Å². The molecule has 6 rings (SSSR count). The van der Waals surface area contributed by atoms with Gasteiger partial charge in [0, 0.05) is 29.4 Å². The molecule has 3 aliphatic heterocycles. The molecule has 3 saturated heterocycles. The molecular weight excluding hydrogens is 464 g/mol. The first-order valence-corrected chi connectivity index (χ1v) is 12.6. The van der Waals surface area contributed by atoms with Crippen LogP contribution in [-0.2, 0) is 14.4 Å². The number of aliphatic hydroxyl groups is 1. The fourth-order valence-corrected chi connectivity index (χ4v) is 6.13. The summed E-state index contributed by atoms with van der Waals surface area (Å²) in [6.07, 6.45) is 4.02. The summed E-state index contributed by atoms with van der Waals surface area (Å²) in [6, 6.07) is 5.52. The molecule has 0 spiro atoms. The number of hydrogen-bond acceptors (Lipinski definition) is 6. The number of ether oxygens (including phenoxy) is 1. The molecule has 2 bridgehead atoms. The summed E-state index contributed by atoms with van der Waals surface area (Å²) in [5, 5.41) is 15.8. The van der Waals surface area contributed by atoms with Crippen molar-refractivity contribution < 1.29 is 29.0 Å². The minimum Gasteiger partial charge on any atom is -0.496 e. The van der Waals surface area contributed by atoms with Gasteiger partial charge in [0.25, 0.3) is 5.91 Å². The van der Waals surface area contributed by atoms with Gasteiger partial charge in [-0.25, -0.2) is 0 Å². The number of hydrogen-bond donors (Lipinski definition) is 4. The third-order valence-corrected chi connectivity index (χ3v) is 8.00. The standard InChI is InChI=1S/C26H32N4O6/c1-36-22-4-2-3-18-17(22)12-20(28-18)26(35)30-16-7-5-14(6-8-16)23(30)25(34)29-19(21(32)13-31)11-15-9-10-27-24(15)33/h2-4,12,14-16,19,23,28,31H,5-11,13H2,1H3,(H,27,33)(H,29,34)/t14?,15-,16?,19-,23+/m1/s1. The molecule has 1 saturated carbocycles. The topological polar surface area (TPSA) is 141 Å². The number of fused-ring (bicyclic) bond motifs is 4. The maximum atomic E-state index is 13.8. The smallest absolute Gasteiger partial charge is 0.271 e. The van der Waals surface area contributed by atoms with Gasteiger partial charge in [-0.05, 0) is 62.6 Å². The summed E-state index contributed by atoms with van der Waals surface area (Å²) in [6.45, 7) is -0.197. The van der Waals surface area contributed by atoms with E-state index in [0.717, 1.165) is 36.6 Å². The number of aliphatic hydroxyl groups excluding tert-OH is 1. The molecule has 4 heterocycles. The Labute approximate surface area is 208 Å². The van der Waals surface area contributed by atoms with Gasteiger partial charge in [0.1, 0.15) is 24.1 Å². The van der Waals surface area contributed by atoms with E-state index in [-0.39, 0.29) is 30.2 Å². The summed E-state index contributed by atoms with van der Waals surface area (Å²) in [7, 11) is 1.58. The third-order valence-electron chi connectivity index (χ3n) is 8.00. The number of Topliss-reactive ketones (excluding diaryl/α,β-unsaturated/α-hetero) is 1. The number of carbonyl (C=O) groups excluding carboxylic acids is 4. The van der Waals surface area contributed by atoms with E-state index in [0.29, 0.717) is 24.4 Å². The van der Waals surface area contributed by atoms with Gasteiger partial charge in [-0.3, -0.25) is 19.2 Å². The lowest BCUT2D eigenvalue weighted by Crippen LogP contribution is -2.64. The highest BCUT2D eigenvalue weighted by atomic mass is 16.5. The first-order valence-electron chi connectivity index (χ1n) is 12.6. The van der Waals surface area contributed by atoms with Crippen LogP contribution in [0.4, 0.5) is 0 Å². The summed E-state index contributed by atoms with van der Waals surface area (Å²) in [5.74, 6) is -1.12. The average Bonchev–Trinajstić information content (AvgIpc) is 3.53. The number of carbonyl (C=O) groups is 4. The second-order valence-corrected chi connectivity index (χ2v) is 10.0. The second-order valence-electron chi connectivity index (χ2n) is 10.0. The Balaban J connectivity index is 1.40. The Bertz CT molecular complexity index is 1180. The maximum Gasteiger partial charge on any atom is 0.271 e. The molecule has 10 heteroatoms. The summed E-state index contributed by atoms with van der Waals surface area (Å²) in [4.78, 5) is 56.8. The zero-order chi connectivity index (χ0) is 25.4. The number of rotatable bonds is 8. The van der Waals surface area contributed by atoms with Crippen molar-refractivity contribution in [1.82, 2.24) is 20.5 Å². The number of methoxy groups -OCH3 is 1. The number of ketones is 1. The van der Waals surface area contributed by atoms with Crippen LogP contribution in [0.1, 0.15) is 49.0 Å². The van der Waals surface area contributed by atoms with Crippen LogP contribution in [0.3, 0.4) is 0 Å². The zero-order valence-corrected chi connectivity index (χ0v) is 20.3. The van der Waals surface area contributed by atoms with Crippen molar-refractivity contribution in [2.75, 3.05) is 20.3 Å². The van der Waals surface area contributed by atoms with Gasteiger partial charge in [-0.2, -0.15) is 0 Å². The molecule has 192 valence electrons. The van der Waals surface area contributed by atoms with Crippen molar-refractivity contribution in [3.8, 4) is 5.75 Å². The van der Waals surface area contributed by atoms with E-state index in [1.165, 1.54) is 0 Å². The monoisotopic (exact) mass is 496 g/mol. The summed E-state index contributed by atoms with van der Waals surface area (Å²) >= 11 is 0. The quantitative estimate of drug-likeness (QED) is 0.432. The molecule has 4 aliphatic rings. The zero-order valence-electron chi connectivity index (χ0n) is 20.3. The van der Waals surface area contributed by atoms with Gasteiger partial charge in [0.15, 0.2) is 5.78 Å². The van der Waals surface area contributed by atoms with Crippen LogP contribution >= 0.6 is 0 Å². The van der Waals surface area contributed by atoms with Gasteiger partial charge in [0.2, 0.25) is 11.8 Å². The summed E-state index contributed by atoms with van der Waals surface area (Å²) < 4.78 is 5.42. The molecule has 3 amide bonds. The van der Waals surface area contributed by atoms with Crippen molar-refractivity contribution in [2.24, 2.45) is 11.8 Å². The number of piperidine rings is 2. The van der Waals surface area contributed by atoms with E-state index < -0.39 is 36.3 Å². The predicted molar refractivity (Wildman–Crippen MR) is 130 cm³/mol. The largest absolute Gasteiger partial charge is 0.496 e. The van der Waals surface area contributed by atoms with Crippen LogP contribution in [0.25, 0.3) is 10.9 Å². The maximum absolute atomic E-state index is 13.8. The molecule has 36 heavy (non-hydrogen) atoms. The molecular formula is C26H32N4O6. The Hall–Kier alpha value is -3.40. The van der Waals surface area contributed by atoms with Crippen LogP contribution < -0.4 is 15.4 Å². The minimum atomic E-state index is -0.980. The Kier molecular flexibility index (Phi) is 6.70. The van der Waals surface area contributed by atoms with E-state index in [1.807, 2.05) is 18.2 Å². The Morgan fingerprint density at radius 1 is 1.19 bits per heavy atom. The highest BCUT2D eigenvalue weighted by Crippen LogP contribution is 2.41. The lowest BCUT2D eigenvalue weighted by Gasteiger charge is -2.50. The van der Waals surface area contributed by atoms with E-state index in [1.54, 1.807) is 18.1 Å². The highest BCUT2D eigenvalue weighted by molar-refractivity contribution is 6.02. The lowest BCUT2D eigenvalue weighted by atomic mass is 9.74. The van der Waals surface area contributed by atoms with Gasteiger partial charge >= 0.3 is 0 Å². The molecule has 4 N–H and O–H groups in total. The van der Waals surface area contributed by atoms with Crippen molar-refractivity contribution in [3.63, 3.8) is 0 Å². The van der Waals surface area contributed by atoms with Crippen LogP contribution in [0.15, 0.2) is 24.3 Å². The number of aromatic nitrogens is 1. The predicted octanol–water partition coefficient (Wildman–Crippen LogP) is 1.13. The first-order chi connectivity index (χ1) is 17.4. The number of aromatic amines is 1. The first kappa shape index (κ1) is 24.3. The lowest BCUT2D eigenvalue weighted by molar-refractivity contribution is -0.137. The molecule has 2 aromatic rings. The van der Waals surface area contributed by atoms with E-state index in [4.69, 9.17) is 4.74 Å². The fraction of sp³-hybridized carbons (Fsp3) is 0.538. The molecule has 1 aromatic carbocycles.